The van der Waals surface area contributed by atoms with Crippen molar-refractivity contribution in [2.45, 2.75) is 12.8 Å². The number of nitrogens with zero attached hydrogens (tertiary/aromatic N) is 3. The number of rotatable bonds is 7. The van der Waals surface area contributed by atoms with E-state index in [9.17, 15) is 24.6 Å². The number of aryl methyl sites for hydroxylation is 1. The SMILES string of the molecule is O=NN(CCCl)C(=O)NC(=O)CCc1ccccc1[N+](=O)[O-]. The molecule has 0 spiro atoms. The second-order valence-electron chi connectivity index (χ2n) is 4.13. The minimum absolute atomic E-state index is 0.0104. The van der Waals surface area contributed by atoms with Crippen LogP contribution in [0.2, 0.25) is 0 Å². The predicted molar refractivity (Wildman–Crippen MR) is 78.2 cm³/mol. The van der Waals surface area contributed by atoms with E-state index >= 15 is 0 Å². The van der Waals surface area contributed by atoms with Crippen LogP contribution in [0.25, 0.3) is 0 Å². The van der Waals surface area contributed by atoms with E-state index in [1.165, 1.54) is 18.2 Å². The van der Waals surface area contributed by atoms with Gasteiger partial charge < -0.3 is 0 Å². The maximum atomic E-state index is 11.6. The van der Waals surface area contributed by atoms with Crippen molar-refractivity contribution in [3.8, 4) is 0 Å². The lowest BCUT2D eigenvalue weighted by Gasteiger charge is -2.11. The van der Waals surface area contributed by atoms with Crippen molar-refractivity contribution in [3.05, 3.63) is 44.9 Å². The van der Waals surface area contributed by atoms with Crippen LogP contribution in [0.1, 0.15) is 12.0 Å². The normalized spacial score (nSPS) is 9.86. The van der Waals surface area contributed by atoms with Crippen LogP contribution in [0.3, 0.4) is 0 Å². The zero-order valence-corrected chi connectivity index (χ0v) is 12.2. The molecule has 10 heteroatoms. The Balaban J connectivity index is 2.58. The van der Waals surface area contributed by atoms with Gasteiger partial charge in [0.05, 0.1) is 16.8 Å². The monoisotopic (exact) mass is 328 g/mol. The molecule has 0 unspecified atom stereocenters. The van der Waals surface area contributed by atoms with E-state index in [4.69, 9.17) is 11.6 Å². The van der Waals surface area contributed by atoms with Gasteiger partial charge in [0.25, 0.3) is 5.69 Å². The molecule has 1 rings (SSSR count). The van der Waals surface area contributed by atoms with Gasteiger partial charge in [0.1, 0.15) is 0 Å². The van der Waals surface area contributed by atoms with Crippen LogP contribution in [-0.4, -0.2) is 34.3 Å². The third kappa shape index (κ3) is 5.09. The first kappa shape index (κ1) is 17.5. The molecule has 0 bridgehead atoms. The standard InChI is InChI=1S/C12H13ClN4O5/c13-7-8-16(15-20)12(19)14-11(18)6-5-9-3-1-2-4-10(9)17(21)22/h1-4H,5-8H2,(H,14,18,19). The Kier molecular flexibility index (Phi) is 6.90. The number of benzene rings is 1. The summed E-state index contributed by atoms with van der Waals surface area (Å²) in [5.41, 5.74) is 0.279. The van der Waals surface area contributed by atoms with Crippen LogP contribution in [-0.2, 0) is 11.2 Å². The molecule has 118 valence electrons. The Hall–Kier alpha value is -2.55. The molecule has 1 aromatic rings. The zero-order chi connectivity index (χ0) is 16.5. The zero-order valence-electron chi connectivity index (χ0n) is 11.4. The quantitative estimate of drug-likeness (QED) is 0.355. The molecule has 22 heavy (non-hydrogen) atoms. The molecule has 0 saturated heterocycles. The van der Waals surface area contributed by atoms with Crippen molar-refractivity contribution in [2.75, 3.05) is 12.4 Å². The van der Waals surface area contributed by atoms with E-state index in [-0.39, 0.29) is 31.0 Å². The van der Waals surface area contributed by atoms with E-state index in [0.29, 0.717) is 10.6 Å². The molecule has 0 aliphatic carbocycles. The van der Waals surface area contributed by atoms with E-state index in [2.05, 4.69) is 5.29 Å². The number of amides is 3. The van der Waals surface area contributed by atoms with Gasteiger partial charge in [-0.05, 0) is 6.42 Å². The lowest BCUT2D eigenvalue weighted by atomic mass is 10.1. The molecular formula is C12H13ClN4O5. The van der Waals surface area contributed by atoms with Gasteiger partial charge in [-0.15, -0.1) is 16.5 Å². The molecule has 1 aromatic carbocycles. The third-order valence-electron chi connectivity index (χ3n) is 2.69. The molecular weight excluding hydrogens is 316 g/mol. The average Bonchev–Trinajstić information content (AvgIpc) is 2.50. The number of carbonyl (C=O) groups excluding carboxylic acids is 2. The molecule has 0 radical (unpaired) electrons. The van der Waals surface area contributed by atoms with Gasteiger partial charge in [-0.3, -0.25) is 20.2 Å². The Morgan fingerprint density at radius 3 is 2.64 bits per heavy atom. The highest BCUT2D eigenvalue weighted by molar-refractivity contribution is 6.18. The second kappa shape index (κ2) is 8.67. The fourth-order valence-corrected chi connectivity index (χ4v) is 1.81. The molecule has 0 saturated carbocycles. The van der Waals surface area contributed by atoms with Crippen LogP contribution >= 0.6 is 11.6 Å². The van der Waals surface area contributed by atoms with E-state index in [0.717, 1.165) is 0 Å². The molecule has 0 aromatic heterocycles. The van der Waals surface area contributed by atoms with Crippen molar-refractivity contribution in [1.82, 2.24) is 10.3 Å². The summed E-state index contributed by atoms with van der Waals surface area (Å²) in [6, 6.07) is 5.01. The molecule has 9 nitrogen and oxygen atoms in total. The van der Waals surface area contributed by atoms with Gasteiger partial charge in [0.15, 0.2) is 0 Å². The van der Waals surface area contributed by atoms with Crippen molar-refractivity contribution >= 4 is 29.2 Å². The first-order valence-corrected chi connectivity index (χ1v) is 6.76. The number of nitrogens with one attached hydrogen (secondary N) is 1. The number of nitro benzene ring substituents is 1. The molecule has 3 amide bonds. The number of imide groups is 1. The van der Waals surface area contributed by atoms with Gasteiger partial charge in [-0.25, -0.2) is 4.79 Å². The molecule has 0 fully saturated rings. The number of nitroso groups, excluding NO2 is 1. The Labute approximate surface area is 130 Å². The van der Waals surface area contributed by atoms with Gasteiger partial charge in [-0.2, -0.15) is 5.01 Å². The lowest BCUT2D eigenvalue weighted by Crippen LogP contribution is -2.40. The summed E-state index contributed by atoms with van der Waals surface area (Å²) >= 11 is 5.37. The Bertz CT molecular complexity index is 580. The number of hydrogen-bond acceptors (Lipinski definition) is 6. The number of carbonyl (C=O) groups is 2. The van der Waals surface area contributed by atoms with Gasteiger partial charge in [-0.1, -0.05) is 18.2 Å². The average molecular weight is 329 g/mol. The number of alkyl halides is 1. The van der Waals surface area contributed by atoms with Gasteiger partial charge in [0, 0.05) is 23.9 Å². The Morgan fingerprint density at radius 1 is 1.36 bits per heavy atom. The summed E-state index contributed by atoms with van der Waals surface area (Å²) in [5, 5.41) is 15.7. The Morgan fingerprint density at radius 2 is 2.05 bits per heavy atom. The fourth-order valence-electron chi connectivity index (χ4n) is 1.65. The number of urea groups is 1. The van der Waals surface area contributed by atoms with Crippen molar-refractivity contribution in [3.63, 3.8) is 0 Å². The highest BCUT2D eigenvalue weighted by atomic mass is 35.5. The number of para-hydroxylation sites is 1. The third-order valence-corrected chi connectivity index (χ3v) is 2.85. The first-order valence-electron chi connectivity index (χ1n) is 6.22. The number of hydrogen-bond donors (Lipinski definition) is 1. The lowest BCUT2D eigenvalue weighted by molar-refractivity contribution is -0.385. The molecule has 0 heterocycles. The largest absolute Gasteiger partial charge is 0.347 e. The van der Waals surface area contributed by atoms with E-state index < -0.39 is 16.9 Å². The minimum Gasteiger partial charge on any atom is -0.276 e. The maximum Gasteiger partial charge on any atom is 0.347 e. The predicted octanol–water partition coefficient (Wildman–Crippen LogP) is 1.99. The van der Waals surface area contributed by atoms with Crippen LogP contribution in [0.5, 0.6) is 0 Å². The maximum absolute atomic E-state index is 11.6. The van der Waals surface area contributed by atoms with Crippen LogP contribution in [0, 0.1) is 15.0 Å². The minimum atomic E-state index is -0.983. The molecule has 0 aliphatic rings. The highest BCUT2D eigenvalue weighted by Crippen LogP contribution is 2.18. The van der Waals surface area contributed by atoms with E-state index in [1.807, 2.05) is 5.32 Å². The van der Waals surface area contributed by atoms with E-state index in [1.54, 1.807) is 6.07 Å². The second-order valence-corrected chi connectivity index (χ2v) is 4.51. The molecule has 0 aliphatic heterocycles. The smallest absolute Gasteiger partial charge is 0.276 e. The van der Waals surface area contributed by atoms with Crippen LogP contribution in [0.15, 0.2) is 29.6 Å². The number of halogens is 1. The summed E-state index contributed by atoms with van der Waals surface area (Å²) in [6.07, 6.45) is -0.0650. The van der Waals surface area contributed by atoms with Crippen molar-refractivity contribution in [2.24, 2.45) is 5.29 Å². The summed E-state index contributed by atoms with van der Waals surface area (Å²) in [7, 11) is 0. The van der Waals surface area contributed by atoms with Crippen molar-refractivity contribution in [1.29, 1.82) is 0 Å². The summed E-state index contributed by atoms with van der Waals surface area (Å²) < 4.78 is 0. The van der Waals surface area contributed by atoms with Gasteiger partial charge >= 0.3 is 6.03 Å². The van der Waals surface area contributed by atoms with Crippen LogP contribution < -0.4 is 5.32 Å². The molecule has 1 N–H and O–H groups in total. The molecule has 0 atom stereocenters. The number of nitro groups is 1. The van der Waals surface area contributed by atoms with Crippen molar-refractivity contribution < 1.29 is 14.5 Å². The van der Waals surface area contributed by atoms with Crippen LogP contribution in [0.4, 0.5) is 10.5 Å². The summed E-state index contributed by atoms with van der Waals surface area (Å²) in [5.74, 6) is -0.685. The van der Waals surface area contributed by atoms with Gasteiger partial charge in [0.2, 0.25) is 5.91 Å². The summed E-state index contributed by atoms with van der Waals surface area (Å²) in [6.45, 7) is -0.131. The summed E-state index contributed by atoms with van der Waals surface area (Å²) in [4.78, 5) is 43.8. The highest BCUT2D eigenvalue weighted by Gasteiger charge is 2.18. The first-order chi connectivity index (χ1) is 10.5. The fraction of sp³-hybridized carbons (Fsp3) is 0.333. The topological polar surface area (TPSA) is 122 Å².